The number of amides is 2. The van der Waals surface area contributed by atoms with Gasteiger partial charge in [0.15, 0.2) is 0 Å². The summed E-state index contributed by atoms with van der Waals surface area (Å²) in [7, 11) is 1.90. The van der Waals surface area contributed by atoms with E-state index < -0.39 is 0 Å². The highest BCUT2D eigenvalue weighted by atomic mass is 16.5. The SMILES string of the molecule is CC(=O)N1CCC2(CCCCN(Cc3cccc(C)n3)CCOc3ccccc3C(=O)N(C)C2)CC1. The molecule has 0 radical (unpaired) electrons. The lowest BCUT2D eigenvalue weighted by Crippen LogP contribution is -2.48. The first kappa shape index (κ1) is 26.1. The molecular formula is C29H40N4O3. The van der Waals surface area contributed by atoms with Crippen molar-refractivity contribution in [3.63, 3.8) is 0 Å². The second-order valence-corrected chi connectivity index (χ2v) is 10.5. The van der Waals surface area contributed by atoms with E-state index in [0.717, 1.165) is 76.2 Å². The Bertz CT molecular complexity index is 1050. The Kier molecular flexibility index (Phi) is 8.62. The fourth-order valence-corrected chi connectivity index (χ4v) is 5.64. The Balaban J connectivity index is 1.55. The van der Waals surface area contributed by atoms with Crippen LogP contribution < -0.4 is 4.74 Å². The Labute approximate surface area is 215 Å². The summed E-state index contributed by atoms with van der Waals surface area (Å²) in [5, 5.41) is 0. The number of aryl methyl sites for hydroxylation is 1. The van der Waals surface area contributed by atoms with E-state index >= 15 is 0 Å². The molecule has 1 aromatic heterocycles. The van der Waals surface area contributed by atoms with Gasteiger partial charge >= 0.3 is 0 Å². The molecule has 0 bridgehead atoms. The lowest BCUT2D eigenvalue weighted by Gasteiger charge is -2.44. The molecule has 1 spiro atoms. The van der Waals surface area contributed by atoms with Crippen LogP contribution in [0, 0.1) is 12.3 Å². The number of aromatic nitrogens is 1. The van der Waals surface area contributed by atoms with E-state index in [1.807, 2.05) is 54.1 Å². The third kappa shape index (κ3) is 6.64. The van der Waals surface area contributed by atoms with Gasteiger partial charge < -0.3 is 14.5 Å². The van der Waals surface area contributed by atoms with E-state index in [2.05, 4.69) is 17.0 Å². The van der Waals surface area contributed by atoms with Crippen molar-refractivity contribution in [1.82, 2.24) is 19.7 Å². The molecule has 0 aliphatic carbocycles. The lowest BCUT2D eigenvalue weighted by molar-refractivity contribution is -0.131. The summed E-state index contributed by atoms with van der Waals surface area (Å²) in [5.41, 5.74) is 2.74. The standard InChI is InChI=1S/C29H40N4O3/c1-23-9-8-10-25(30-23)21-32-16-7-6-13-29(14-17-33(18-15-29)24(2)34)22-31(3)28(35)26-11-4-5-12-27(26)36-20-19-32/h4-5,8-12H,6-7,13-22H2,1-3H3. The van der Waals surface area contributed by atoms with Crippen molar-refractivity contribution in [2.75, 3.05) is 46.4 Å². The molecule has 7 nitrogen and oxygen atoms in total. The Morgan fingerprint density at radius 3 is 2.53 bits per heavy atom. The number of ether oxygens (including phenoxy) is 1. The Hall–Kier alpha value is -2.93. The zero-order chi connectivity index (χ0) is 25.5. The normalized spacial score (nSPS) is 19.9. The van der Waals surface area contributed by atoms with Gasteiger partial charge in [-0.25, -0.2) is 0 Å². The smallest absolute Gasteiger partial charge is 0.257 e. The van der Waals surface area contributed by atoms with Gasteiger partial charge in [-0.05, 0) is 68.8 Å². The molecule has 0 atom stereocenters. The molecule has 0 unspecified atom stereocenters. The van der Waals surface area contributed by atoms with Crippen LogP contribution in [0.3, 0.4) is 0 Å². The molecule has 1 aromatic carbocycles. The van der Waals surface area contributed by atoms with Crippen LogP contribution in [0.25, 0.3) is 0 Å². The molecule has 2 aliphatic rings. The maximum atomic E-state index is 13.5. The molecule has 2 aliphatic heterocycles. The Morgan fingerprint density at radius 2 is 1.78 bits per heavy atom. The molecular weight excluding hydrogens is 452 g/mol. The van der Waals surface area contributed by atoms with Crippen LogP contribution >= 0.6 is 0 Å². The van der Waals surface area contributed by atoms with Gasteiger partial charge in [-0.1, -0.05) is 24.6 Å². The number of pyridine rings is 1. The summed E-state index contributed by atoms with van der Waals surface area (Å²) in [6, 6.07) is 13.7. The van der Waals surface area contributed by atoms with Crippen molar-refractivity contribution in [2.24, 2.45) is 5.41 Å². The van der Waals surface area contributed by atoms with Gasteiger partial charge in [0, 0.05) is 52.4 Å². The number of benzene rings is 1. The van der Waals surface area contributed by atoms with Crippen molar-refractivity contribution in [1.29, 1.82) is 0 Å². The van der Waals surface area contributed by atoms with Gasteiger partial charge in [-0.3, -0.25) is 19.5 Å². The molecule has 0 saturated carbocycles. The number of rotatable bonds is 2. The maximum Gasteiger partial charge on any atom is 0.257 e. The predicted molar refractivity (Wildman–Crippen MR) is 141 cm³/mol. The van der Waals surface area contributed by atoms with Crippen LogP contribution in [-0.4, -0.2) is 77.9 Å². The van der Waals surface area contributed by atoms with Crippen molar-refractivity contribution >= 4 is 11.8 Å². The predicted octanol–water partition coefficient (Wildman–Crippen LogP) is 4.16. The van der Waals surface area contributed by atoms with Crippen LogP contribution in [0.1, 0.15) is 60.8 Å². The van der Waals surface area contributed by atoms with Gasteiger partial charge in [-0.2, -0.15) is 0 Å². The minimum absolute atomic E-state index is 0.00292. The van der Waals surface area contributed by atoms with E-state index in [-0.39, 0.29) is 17.2 Å². The highest BCUT2D eigenvalue weighted by molar-refractivity contribution is 5.96. The van der Waals surface area contributed by atoms with Crippen LogP contribution in [-0.2, 0) is 11.3 Å². The van der Waals surface area contributed by atoms with Crippen molar-refractivity contribution in [2.45, 2.75) is 52.5 Å². The first-order valence-electron chi connectivity index (χ1n) is 13.2. The number of likely N-dealkylation sites (tertiary alicyclic amines) is 1. The van der Waals surface area contributed by atoms with Gasteiger partial charge in [0.05, 0.1) is 11.3 Å². The number of fused-ring (bicyclic) bond motifs is 1. The molecule has 3 heterocycles. The van der Waals surface area contributed by atoms with Gasteiger partial charge in [-0.15, -0.1) is 0 Å². The third-order valence-electron chi connectivity index (χ3n) is 7.73. The maximum absolute atomic E-state index is 13.5. The zero-order valence-electron chi connectivity index (χ0n) is 22.0. The van der Waals surface area contributed by atoms with E-state index in [1.165, 1.54) is 0 Å². The molecule has 4 rings (SSSR count). The van der Waals surface area contributed by atoms with Crippen LogP contribution in [0.15, 0.2) is 42.5 Å². The fraction of sp³-hybridized carbons (Fsp3) is 0.552. The second-order valence-electron chi connectivity index (χ2n) is 10.5. The Morgan fingerprint density at radius 1 is 1.00 bits per heavy atom. The average molecular weight is 493 g/mol. The second kappa shape index (κ2) is 11.9. The monoisotopic (exact) mass is 492 g/mol. The van der Waals surface area contributed by atoms with Gasteiger partial charge in [0.1, 0.15) is 12.4 Å². The zero-order valence-corrected chi connectivity index (χ0v) is 22.0. The van der Waals surface area contributed by atoms with E-state index in [0.29, 0.717) is 24.5 Å². The van der Waals surface area contributed by atoms with E-state index in [4.69, 9.17) is 9.72 Å². The number of piperidine rings is 1. The van der Waals surface area contributed by atoms with E-state index in [9.17, 15) is 9.59 Å². The largest absolute Gasteiger partial charge is 0.491 e. The molecule has 7 heteroatoms. The van der Waals surface area contributed by atoms with Crippen molar-refractivity contribution in [3.8, 4) is 5.75 Å². The number of para-hydroxylation sites is 1. The summed E-state index contributed by atoms with van der Waals surface area (Å²) < 4.78 is 6.17. The highest BCUT2D eigenvalue weighted by Gasteiger charge is 2.37. The van der Waals surface area contributed by atoms with Gasteiger partial charge in [0.25, 0.3) is 5.91 Å². The number of carbonyl (C=O) groups excluding carboxylic acids is 2. The molecule has 1 fully saturated rings. The van der Waals surface area contributed by atoms with E-state index in [1.54, 1.807) is 6.92 Å². The molecule has 2 aromatic rings. The first-order chi connectivity index (χ1) is 17.3. The average Bonchev–Trinajstić information content (AvgIpc) is 2.86. The molecule has 1 saturated heterocycles. The van der Waals surface area contributed by atoms with Crippen LogP contribution in [0.4, 0.5) is 0 Å². The summed E-state index contributed by atoms with van der Waals surface area (Å²) in [6.45, 7) is 8.95. The molecule has 2 amide bonds. The number of hydrogen-bond donors (Lipinski definition) is 0. The molecule has 194 valence electrons. The summed E-state index contributed by atoms with van der Waals surface area (Å²) in [5.74, 6) is 0.777. The fourth-order valence-electron chi connectivity index (χ4n) is 5.64. The van der Waals surface area contributed by atoms with Crippen LogP contribution in [0.2, 0.25) is 0 Å². The van der Waals surface area contributed by atoms with Crippen molar-refractivity contribution in [3.05, 3.63) is 59.4 Å². The minimum atomic E-state index is -0.00292. The quantitative estimate of drug-likeness (QED) is 0.630. The van der Waals surface area contributed by atoms with Crippen molar-refractivity contribution < 1.29 is 14.3 Å². The third-order valence-corrected chi connectivity index (χ3v) is 7.73. The number of carbonyl (C=O) groups is 2. The molecule has 0 N–H and O–H groups in total. The summed E-state index contributed by atoms with van der Waals surface area (Å²) >= 11 is 0. The van der Waals surface area contributed by atoms with Crippen LogP contribution in [0.5, 0.6) is 5.75 Å². The first-order valence-corrected chi connectivity index (χ1v) is 13.2. The number of hydrogen-bond acceptors (Lipinski definition) is 5. The number of nitrogens with zero attached hydrogens (tertiary/aromatic N) is 4. The summed E-state index contributed by atoms with van der Waals surface area (Å²) in [6.07, 6.45) is 5.10. The minimum Gasteiger partial charge on any atom is -0.491 e. The summed E-state index contributed by atoms with van der Waals surface area (Å²) in [4.78, 5) is 36.4. The lowest BCUT2D eigenvalue weighted by atomic mass is 9.74. The van der Waals surface area contributed by atoms with Gasteiger partial charge in [0.2, 0.25) is 5.91 Å². The topological polar surface area (TPSA) is 66.0 Å². The highest BCUT2D eigenvalue weighted by Crippen LogP contribution is 2.38. The molecule has 36 heavy (non-hydrogen) atoms.